The third-order valence-corrected chi connectivity index (χ3v) is 4.84. The van der Waals surface area contributed by atoms with Crippen LogP contribution in [0.4, 0.5) is 0 Å². The van der Waals surface area contributed by atoms with E-state index in [1.165, 1.54) is 17.1 Å². The minimum Gasteiger partial charge on any atom is -0.481 e. The van der Waals surface area contributed by atoms with Gasteiger partial charge in [-0.1, -0.05) is 23.7 Å². The number of hydrogen-bond donors (Lipinski definition) is 2. The van der Waals surface area contributed by atoms with Crippen LogP contribution in [0.5, 0.6) is 0 Å². The molecule has 0 bridgehead atoms. The number of carbonyl (C=O) groups is 1. The number of carboxylic acid groups (broad SMARTS) is 1. The van der Waals surface area contributed by atoms with E-state index in [4.69, 9.17) is 11.6 Å². The Morgan fingerprint density at radius 2 is 2.22 bits per heavy atom. The molecule has 2 N–H and O–H groups in total. The van der Waals surface area contributed by atoms with Gasteiger partial charge in [-0.3, -0.25) is 9.48 Å². The number of nitrogens with zero attached hydrogens (tertiary/aromatic N) is 2. The van der Waals surface area contributed by atoms with E-state index in [1.54, 1.807) is 31.3 Å². The van der Waals surface area contributed by atoms with Crippen molar-refractivity contribution in [3.8, 4) is 0 Å². The molecule has 0 saturated carbocycles. The molecular formula is C14H16ClN3O4S. The van der Waals surface area contributed by atoms with Crippen LogP contribution in [0, 0.1) is 5.92 Å². The average Bonchev–Trinajstić information content (AvgIpc) is 2.91. The average molecular weight is 358 g/mol. The molecule has 0 aliphatic heterocycles. The van der Waals surface area contributed by atoms with Crippen LogP contribution >= 0.6 is 11.6 Å². The topological polar surface area (TPSA) is 101 Å². The zero-order valence-electron chi connectivity index (χ0n) is 12.3. The van der Waals surface area contributed by atoms with Crippen LogP contribution < -0.4 is 4.72 Å². The number of aryl methyl sites for hydroxylation is 1. The monoisotopic (exact) mass is 357 g/mol. The first-order valence-corrected chi connectivity index (χ1v) is 8.59. The predicted molar refractivity (Wildman–Crippen MR) is 84.7 cm³/mol. The number of halogens is 1. The molecule has 0 aliphatic rings. The van der Waals surface area contributed by atoms with E-state index in [0.29, 0.717) is 5.02 Å². The van der Waals surface area contributed by atoms with Gasteiger partial charge in [0.2, 0.25) is 10.0 Å². The van der Waals surface area contributed by atoms with E-state index >= 15 is 0 Å². The van der Waals surface area contributed by atoms with Crippen LogP contribution in [0.1, 0.15) is 5.56 Å². The maximum Gasteiger partial charge on any atom is 0.308 e. The number of benzene rings is 1. The van der Waals surface area contributed by atoms with Crippen molar-refractivity contribution in [1.29, 1.82) is 0 Å². The standard InChI is InChI=1S/C14H16ClN3O4S/c1-18-9-13(8-16-18)23(21,22)17-7-11(14(19)20)5-10-3-2-4-12(15)6-10/h2-4,6,8-9,11,17H,5,7H2,1H3,(H,19,20). The molecule has 0 fully saturated rings. The van der Waals surface area contributed by atoms with Gasteiger partial charge in [-0.05, 0) is 24.1 Å². The Kier molecular flexibility index (Phi) is 5.40. The van der Waals surface area contributed by atoms with Crippen molar-refractivity contribution < 1.29 is 18.3 Å². The fourth-order valence-corrected chi connectivity index (χ4v) is 3.30. The molecule has 2 rings (SSSR count). The fraction of sp³-hybridized carbons (Fsp3) is 0.286. The molecule has 0 radical (unpaired) electrons. The first-order chi connectivity index (χ1) is 10.8. The van der Waals surface area contributed by atoms with E-state index in [2.05, 4.69) is 9.82 Å². The molecule has 124 valence electrons. The van der Waals surface area contributed by atoms with Gasteiger partial charge in [0, 0.05) is 24.8 Å². The first kappa shape index (κ1) is 17.5. The molecule has 0 amide bonds. The van der Waals surface area contributed by atoms with Crippen molar-refractivity contribution in [2.45, 2.75) is 11.3 Å². The number of rotatable bonds is 7. The molecule has 1 atom stereocenters. The zero-order valence-corrected chi connectivity index (χ0v) is 13.9. The number of aliphatic carboxylic acids is 1. The van der Waals surface area contributed by atoms with Crippen LogP contribution in [0.2, 0.25) is 5.02 Å². The Bertz CT molecular complexity index is 804. The molecule has 1 aromatic carbocycles. The smallest absolute Gasteiger partial charge is 0.308 e. The Morgan fingerprint density at radius 1 is 1.48 bits per heavy atom. The summed E-state index contributed by atoms with van der Waals surface area (Å²) in [7, 11) is -2.20. The van der Waals surface area contributed by atoms with Crippen LogP contribution in [0.25, 0.3) is 0 Å². The molecule has 1 unspecified atom stereocenters. The van der Waals surface area contributed by atoms with Gasteiger partial charge >= 0.3 is 5.97 Å². The molecule has 0 saturated heterocycles. The predicted octanol–water partition coefficient (Wildman–Crippen LogP) is 1.30. The van der Waals surface area contributed by atoms with Gasteiger partial charge in [0.15, 0.2) is 0 Å². The molecule has 0 spiro atoms. The SMILES string of the molecule is Cn1cc(S(=O)(=O)NCC(Cc2cccc(Cl)c2)C(=O)O)cn1. The minimum atomic E-state index is -3.79. The lowest BCUT2D eigenvalue weighted by molar-refractivity contribution is -0.141. The summed E-state index contributed by atoms with van der Waals surface area (Å²) in [6, 6.07) is 6.81. The summed E-state index contributed by atoms with van der Waals surface area (Å²) in [5.74, 6) is -1.99. The van der Waals surface area contributed by atoms with Crippen LogP contribution in [-0.2, 0) is 28.3 Å². The van der Waals surface area contributed by atoms with Gasteiger partial charge in [-0.2, -0.15) is 5.10 Å². The molecule has 0 aliphatic carbocycles. The normalized spacial score (nSPS) is 13.0. The van der Waals surface area contributed by atoms with Crippen LogP contribution in [0.3, 0.4) is 0 Å². The lowest BCUT2D eigenvalue weighted by Crippen LogP contribution is -2.34. The lowest BCUT2D eigenvalue weighted by Gasteiger charge is -2.13. The summed E-state index contributed by atoms with van der Waals surface area (Å²) in [5.41, 5.74) is 0.727. The van der Waals surface area contributed by atoms with E-state index in [-0.39, 0.29) is 17.9 Å². The molecule has 1 aromatic heterocycles. The highest BCUT2D eigenvalue weighted by Gasteiger charge is 2.23. The highest BCUT2D eigenvalue weighted by atomic mass is 35.5. The molecule has 2 aromatic rings. The van der Waals surface area contributed by atoms with Gasteiger partial charge in [-0.25, -0.2) is 13.1 Å². The van der Waals surface area contributed by atoms with Gasteiger partial charge < -0.3 is 5.11 Å². The van der Waals surface area contributed by atoms with E-state index in [0.717, 1.165) is 5.56 Å². The summed E-state index contributed by atoms with van der Waals surface area (Å²) >= 11 is 5.87. The third-order valence-electron chi connectivity index (χ3n) is 3.23. The molecule has 23 heavy (non-hydrogen) atoms. The number of sulfonamides is 1. The van der Waals surface area contributed by atoms with Crippen molar-refractivity contribution in [2.24, 2.45) is 13.0 Å². The Balaban J connectivity index is 2.07. The van der Waals surface area contributed by atoms with E-state index in [9.17, 15) is 18.3 Å². The maximum absolute atomic E-state index is 12.1. The highest BCUT2D eigenvalue weighted by Crippen LogP contribution is 2.15. The second kappa shape index (κ2) is 7.12. The van der Waals surface area contributed by atoms with Crippen molar-refractivity contribution in [3.05, 3.63) is 47.2 Å². The Labute approximate surface area is 138 Å². The third kappa shape index (κ3) is 4.78. The number of nitrogens with one attached hydrogen (secondary N) is 1. The summed E-state index contributed by atoms with van der Waals surface area (Å²) in [6.07, 6.45) is 2.72. The molecule has 9 heteroatoms. The van der Waals surface area contributed by atoms with Gasteiger partial charge in [-0.15, -0.1) is 0 Å². The number of carboxylic acids is 1. The number of hydrogen-bond acceptors (Lipinski definition) is 4. The molecule has 1 heterocycles. The highest BCUT2D eigenvalue weighted by molar-refractivity contribution is 7.89. The Hall–Kier alpha value is -1.90. The van der Waals surface area contributed by atoms with Crippen molar-refractivity contribution >= 4 is 27.6 Å². The summed E-state index contributed by atoms with van der Waals surface area (Å²) < 4.78 is 27.9. The molecule has 7 nitrogen and oxygen atoms in total. The van der Waals surface area contributed by atoms with Crippen LogP contribution in [-0.4, -0.2) is 35.8 Å². The molecular weight excluding hydrogens is 342 g/mol. The van der Waals surface area contributed by atoms with Gasteiger partial charge in [0.1, 0.15) is 4.90 Å². The maximum atomic E-state index is 12.1. The largest absolute Gasteiger partial charge is 0.481 e. The van der Waals surface area contributed by atoms with E-state index < -0.39 is 21.9 Å². The second-order valence-electron chi connectivity index (χ2n) is 5.07. The zero-order chi connectivity index (χ0) is 17.0. The summed E-state index contributed by atoms with van der Waals surface area (Å²) in [5, 5.41) is 13.6. The van der Waals surface area contributed by atoms with Crippen molar-refractivity contribution in [2.75, 3.05) is 6.54 Å². The van der Waals surface area contributed by atoms with Crippen molar-refractivity contribution in [1.82, 2.24) is 14.5 Å². The first-order valence-electron chi connectivity index (χ1n) is 6.73. The van der Waals surface area contributed by atoms with Gasteiger partial charge in [0.05, 0.1) is 12.1 Å². The van der Waals surface area contributed by atoms with Gasteiger partial charge in [0.25, 0.3) is 0 Å². The van der Waals surface area contributed by atoms with E-state index in [1.807, 2.05) is 0 Å². The Morgan fingerprint density at radius 3 is 2.78 bits per heavy atom. The van der Waals surface area contributed by atoms with Crippen molar-refractivity contribution in [3.63, 3.8) is 0 Å². The lowest BCUT2D eigenvalue weighted by atomic mass is 10.00. The summed E-state index contributed by atoms with van der Waals surface area (Å²) in [4.78, 5) is 11.4. The fourth-order valence-electron chi connectivity index (χ4n) is 2.03. The summed E-state index contributed by atoms with van der Waals surface area (Å²) in [6.45, 7) is -0.223. The minimum absolute atomic E-state index is 0.00751. The quantitative estimate of drug-likeness (QED) is 0.777. The number of aromatic nitrogens is 2. The second-order valence-corrected chi connectivity index (χ2v) is 7.27. The van der Waals surface area contributed by atoms with Crippen LogP contribution in [0.15, 0.2) is 41.6 Å².